The average molecular weight is 319 g/mol. The largest absolute Gasteiger partial charge is 0.418 e. The molecule has 0 aliphatic rings. The highest BCUT2D eigenvalue weighted by atomic mass is 19.4. The molecule has 0 saturated heterocycles. The first kappa shape index (κ1) is 16.8. The second-order valence-electron chi connectivity index (χ2n) is 5.23. The van der Waals surface area contributed by atoms with E-state index in [1.807, 2.05) is 19.1 Å². The van der Waals surface area contributed by atoms with Gasteiger partial charge in [-0.05, 0) is 26.0 Å². The molecule has 0 saturated carbocycles. The molecule has 0 amide bonds. The fraction of sp³-hybridized carbons (Fsp3) is 0.167. The first-order chi connectivity index (χ1) is 10.8. The van der Waals surface area contributed by atoms with Gasteiger partial charge in [0.25, 0.3) is 0 Å². The average Bonchev–Trinajstić information content (AvgIpc) is 2.47. The molecule has 0 spiro atoms. The van der Waals surface area contributed by atoms with E-state index in [0.29, 0.717) is 11.3 Å². The number of halogens is 3. The zero-order chi connectivity index (χ0) is 17.0. The van der Waals surface area contributed by atoms with Gasteiger partial charge in [0.1, 0.15) is 0 Å². The van der Waals surface area contributed by atoms with Gasteiger partial charge in [-0.3, -0.25) is 4.79 Å². The summed E-state index contributed by atoms with van der Waals surface area (Å²) >= 11 is 0. The Morgan fingerprint density at radius 1 is 1.04 bits per heavy atom. The molecule has 2 aromatic carbocycles. The monoisotopic (exact) mass is 319 g/mol. The molecular weight excluding hydrogens is 303 g/mol. The maximum Gasteiger partial charge on any atom is 0.418 e. The second kappa shape index (κ2) is 6.69. The molecule has 0 radical (unpaired) electrons. The maximum absolute atomic E-state index is 12.9. The molecule has 23 heavy (non-hydrogen) atoms. The van der Waals surface area contributed by atoms with Crippen LogP contribution in [0.25, 0.3) is 0 Å². The molecule has 2 rings (SSSR count). The van der Waals surface area contributed by atoms with E-state index in [0.717, 1.165) is 11.6 Å². The van der Waals surface area contributed by atoms with Gasteiger partial charge in [0.05, 0.1) is 11.3 Å². The number of anilines is 1. The fourth-order valence-corrected chi connectivity index (χ4v) is 2.09. The SMILES string of the molecule is C/C(=C\C(=O)c1ccc(C)cc1)Nc1ccccc1C(F)(F)F. The smallest absolute Gasteiger partial charge is 0.359 e. The van der Waals surface area contributed by atoms with Crippen LogP contribution in [-0.4, -0.2) is 5.78 Å². The lowest BCUT2D eigenvalue weighted by atomic mass is 10.1. The van der Waals surface area contributed by atoms with E-state index in [1.54, 1.807) is 19.1 Å². The third-order valence-electron chi connectivity index (χ3n) is 3.25. The van der Waals surface area contributed by atoms with Crippen molar-refractivity contribution in [3.63, 3.8) is 0 Å². The maximum atomic E-state index is 12.9. The Balaban J connectivity index is 2.20. The summed E-state index contributed by atoms with van der Waals surface area (Å²) in [5.74, 6) is -0.264. The number of nitrogens with one attached hydrogen (secondary N) is 1. The highest BCUT2D eigenvalue weighted by Gasteiger charge is 2.33. The van der Waals surface area contributed by atoms with Crippen molar-refractivity contribution in [2.75, 3.05) is 5.32 Å². The van der Waals surface area contributed by atoms with Crippen molar-refractivity contribution in [1.29, 1.82) is 0 Å². The van der Waals surface area contributed by atoms with Gasteiger partial charge in [-0.1, -0.05) is 42.0 Å². The fourth-order valence-electron chi connectivity index (χ4n) is 2.09. The summed E-state index contributed by atoms with van der Waals surface area (Å²) in [4.78, 5) is 12.1. The quantitative estimate of drug-likeness (QED) is 0.619. The minimum Gasteiger partial charge on any atom is -0.359 e. The normalized spacial score (nSPS) is 12.1. The van der Waals surface area contributed by atoms with E-state index in [-0.39, 0.29) is 11.5 Å². The van der Waals surface area contributed by atoms with Gasteiger partial charge in [-0.2, -0.15) is 13.2 Å². The van der Waals surface area contributed by atoms with Gasteiger partial charge in [-0.25, -0.2) is 0 Å². The van der Waals surface area contributed by atoms with Crippen molar-refractivity contribution < 1.29 is 18.0 Å². The summed E-state index contributed by atoms with van der Waals surface area (Å²) in [7, 11) is 0. The molecule has 2 nitrogen and oxygen atoms in total. The topological polar surface area (TPSA) is 29.1 Å². The number of hydrogen-bond donors (Lipinski definition) is 1. The van der Waals surface area contributed by atoms with Crippen LogP contribution in [0.15, 0.2) is 60.3 Å². The van der Waals surface area contributed by atoms with Crippen LogP contribution in [0, 0.1) is 6.92 Å². The summed E-state index contributed by atoms with van der Waals surface area (Å²) in [6, 6.07) is 12.1. The van der Waals surface area contributed by atoms with Crippen molar-refractivity contribution in [1.82, 2.24) is 0 Å². The summed E-state index contributed by atoms with van der Waals surface area (Å²) in [6.45, 7) is 3.46. The van der Waals surface area contributed by atoms with Gasteiger partial charge in [0, 0.05) is 17.3 Å². The molecule has 0 fully saturated rings. The minimum absolute atomic E-state index is 0.0783. The van der Waals surface area contributed by atoms with Crippen LogP contribution in [0.1, 0.15) is 28.4 Å². The van der Waals surface area contributed by atoms with E-state index < -0.39 is 11.7 Å². The van der Waals surface area contributed by atoms with E-state index >= 15 is 0 Å². The summed E-state index contributed by atoms with van der Waals surface area (Å²) in [5.41, 5.74) is 1.01. The third kappa shape index (κ3) is 4.45. The Bertz CT molecular complexity index is 731. The van der Waals surface area contributed by atoms with Gasteiger partial charge < -0.3 is 5.32 Å². The number of hydrogen-bond acceptors (Lipinski definition) is 2. The number of para-hydroxylation sites is 1. The van der Waals surface area contributed by atoms with Crippen LogP contribution in [0.3, 0.4) is 0 Å². The van der Waals surface area contributed by atoms with Crippen LogP contribution in [0.5, 0.6) is 0 Å². The molecule has 0 heterocycles. The molecular formula is C18H16F3NO. The Hall–Kier alpha value is -2.56. The number of carbonyl (C=O) groups excluding carboxylic acids is 1. The lowest BCUT2D eigenvalue weighted by molar-refractivity contribution is -0.136. The van der Waals surface area contributed by atoms with Crippen LogP contribution >= 0.6 is 0 Å². The highest BCUT2D eigenvalue weighted by molar-refractivity contribution is 6.05. The lowest BCUT2D eigenvalue weighted by Crippen LogP contribution is -2.10. The van der Waals surface area contributed by atoms with Crippen LogP contribution in [0.2, 0.25) is 0 Å². The first-order valence-electron chi connectivity index (χ1n) is 7.00. The standard InChI is InChI=1S/C18H16F3NO/c1-12-7-9-14(10-8-12)17(23)11-13(2)22-16-6-4-3-5-15(16)18(19,20)21/h3-11,22H,1-2H3/b13-11+. The van der Waals surface area contributed by atoms with Crippen molar-refractivity contribution >= 4 is 11.5 Å². The zero-order valence-corrected chi connectivity index (χ0v) is 12.7. The van der Waals surface area contributed by atoms with Crippen molar-refractivity contribution in [3.05, 3.63) is 77.0 Å². The second-order valence-corrected chi connectivity index (χ2v) is 5.23. The van der Waals surface area contributed by atoms with Gasteiger partial charge in [-0.15, -0.1) is 0 Å². The third-order valence-corrected chi connectivity index (χ3v) is 3.25. The molecule has 0 aliphatic carbocycles. The van der Waals surface area contributed by atoms with Crippen molar-refractivity contribution in [2.45, 2.75) is 20.0 Å². The lowest BCUT2D eigenvalue weighted by Gasteiger charge is -2.14. The molecule has 2 aromatic rings. The number of rotatable bonds is 4. The number of allylic oxidation sites excluding steroid dienone is 2. The van der Waals surface area contributed by atoms with E-state index in [2.05, 4.69) is 5.32 Å². The van der Waals surface area contributed by atoms with Gasteiger partial charge in [0.2, 0.25) is 0 Å². The van der Waals surface area contributed by atoms with Crippen LogP contribution in [0.4, 0.5) is 18.9 Å². The first-order valence-corrected chi connectivity index (χ1v) is 7.00. The Kier molecular flexibility index (Phi) is 4.89. The molecule has 0 atom stereocenters. The number of aryl methyl sites for hydroxylation is 1. The predicted molar refractivity (Wildman–Crippen MR) is 84.3 cm³/mol. The molecule has 0 unspecified atom stereocenters. The predicted octanol–water partition coefficient (Wildman–Crippen LogP) is 5.21. The summed E-state index contributed by atoms with van der Waals surface area (Å²) in [5, 5.41) is 2.65. The highest BCUT2D eigenvalue weighted by Crippen LogP contribution is 2.35. The van der Waals surface area contributed by atoms with E-state index in [1.165, 1.54) is 24.3 Å². The Morgan fingerprint density at radius 2 is 1.65 bits per heavy atom. The number of alkyl halides is 3. The van der Waals surface area contributed by atoms with Gasteiger partial charge in [0.15, 0.2) is 5.78 Å². The number of ketones is 1. The molecule has 1 N–H and O–H groups in total. The van der Waals surface area contributed by atoms with Crippen molar-refractivity contribution in [2.24, 2.45) is 0 Å². The van der Waals surface area contributed by atoms with E-state index in [9.17, 15) is 18.0 Å². The van der Waals surface area contributed by atoms with E-state index in [4.69, 9.17) is 0 Å². The van der Waals surface area contributed by atoms with Crippen molar-refractivity contribution in [3.8, 4) is 0 Å². The molecule has 0 aromatic heterocycles. The summed E-state index contributed by atoms with van der Waals surface area (Å²) < 4.78 is 38.8. The minimum atomic E-state index is -4.45. The number of carbonyl (C=O) groups is 1. The summed E-state index contributed by atoms with van der Waals surface area (Å²) in [6.07, 6.45) is -3.16. The molecule has 120 valence electrons. The molecule has 0 aliphatic heterocycles. The Labute approximate surface area is 132 Å². The van der Waals surface area contributed by atoms with Crippen LogP contribution < -0.4 is 5.32 Å². The van der Waals surface area contributed by atoms with Gasteiger partial charge >= 0.3 is 6.18 Å². The molecule has 0 bridgehead atoms. The van der Waals surface area contributed by atoms with Crippen LogP contribution in [-0.2, 0) is 6.18 Å². The zero-order valence-electron chi connectivity index (χ0n) is 12.7. The Morgan fingerprint density at radius 3 is 2.26 bits per heavy atom. The molecule has 5 heteroatoms. The number of benzene rings is 2.